The molecule has 0 bridgehead atoms. The zero-order valence-corrected chi connectivity index (χ0v) is 23.5. The predicted molar refractivity (Wildman–Crippen MR) is 153 cm³/mol. The normalized spacial score (nSPS) is 17.7. The van der Waals surface area contributed by atoms with Crippen molar-refractivity contribution in [2.24, 2.45) is 5.92 Å². The summed E-state index contributed by atoms with van der Waals surface area (Å²) in [7, 11) is 0. The molecule has 0 saturated heterocycles. The molecule has 0 aromatic heterocycles. The predicted octanol–water partition coefficient (Wildman–Crippen LogP) is 9.27. The van der Waals surface area contributed by atoms with Crippen LogP contribution in [0, 0.1) is 29.2 Å². The molecular formula is C34H38F4O3. The van der Waals surface area contributed by atoms with E-state index in [-0.39, 0.29) is 48.2 Å². The lowest BCUT2D eigenvalue weighted by Gasteiger charge is -2.32. The van der Waals surface area contributed by atoms with Crippen LogP contribution in [-0.2, 0) is 6.61 Å². The van der Waals surface area contributed by atoms with Crippen LogP contribution in [0.15, 0.2) is 61.2 Å². The Bertz CT molecular complexity index is 1300. The van der Waals surface area contributed by atoms with Crippen LogP contribution < -0.4 is 9.47 Å². The summed E-state index contributed by atoms with van der Waals surface area (Å²) in [6.45, 7) is 5.89. The van der Waals surface area contributed by atoms with Gasteiger partial charge in [-0.25, -0.2) is 8.78 Å². The summed E-state index contributed by atoms with van der Waals surface area (Å²) < 4.78 is 70.1. The molecule has 3 aromatic carbocycles. The number of halogens is 4. The lowest BCUT2D eigenvalue weighted by Crippen LogP contribution is -2.25. The molecule has 0 aliphatic heterocycles. The maximum absolute atomic E-state index is 15.0. The number of ether oxygens (including phenoxy) is 2. The van der Waals surface area contributed by atoms with Gasteiger partial charge in [0.05, 0.1) is 12.7 Å². The average Bonchev–Trinajstić information content (AvgIpc) is 2.99. The lowest BCUT2D eigenvalue weighted by atomic mass is 9.76. The second kappa shape index (κ2) is 14.5. The molecule has 1 aliphatic rings. The minimum atomic E-state index is -1.04. The van der Waals surface area contributed by atoms with Crippen molar-refractivity contribution in [2.75, 3.05) is 6.61 Å². The van der Waals surface area contributed by atoms with Gasteiger partial charge in [0.1, 0.15) is 6.61 Å². The van der Waals surface area contributed by atoms with Gasteiger partial charge in [0.2, 0.25) is 11.6 Å². The Balaban J connectivity index is 1.36. The minimum Gasteiger partial charge on any atom is -0.490 e. The molecular weight excluding hydrogens is 532 g/mol. The molecule has 0 radical (unpaired) electrons. The number of hydrogen-bond acceptors (Lipinski definition) is 3. The Morgan fingerprint density at radius 2 is 1.51 bits per heavy atom. The van der Waals surface area contributed by atoms with Crippen molar-refractivity contribution in [1.82, 2.24) is 0 Å². The number of aliphatic hydroxyl groups excluding tert-OH is 1. The van der Waals surface area contributed by atoms with Crippen LogP contribution >= 0.6 is 0 Å². The second-order valence-corrected chi connectivity index (χ2v) is 10.8. The van der Waals surface area contributed by atoms with Gasteiger partial charge in [-0.3, -0.25) is 0 Å². The third-order valence-electron chi connectivity index (χ3n) is 7.93. The van der Waals surface area contributed by atoms with E-state index in [1.54, 1.807) is 36.4 Å². The SMILES string of the molecule is C=CCCCOc1ccc(-c2ccc(COc3ccc(C4CCC(C(O)CCC)CC4)c(F)c3F)cc2)c(F)c1F. The molecule has 1 unspecified atom stereocenters. The van der Waals surface area contributed by atoms with Crippen LogP contribution in [0.5, 0.6) is 11.5 Å². The first-order chi connectivity index (χ1) is 19.8. The summed E-state index contributed by atoms with van der Waals surface area (Å²) in [6.07, 6.45) is 7.49. The lowest BCUT2D eigenvalue weighted by molar-refractivity contribution is 0.0727. The summed E-state index contributed by atoms with van der Waals surface area (Å²) in [6, 6.07) is 12.5. The van der Waals surface area contributed by atoms with Gasteiger partial charge in [0.15, 0.2) is 23.1 Å². The van der Waals surface area contributed by atoms with Gasteiger partial charge in [-0.1, -0.05) is 49.8 Å². The summed E-state index contributed by atoms with van der Waals surface area (Å²) in [5.41, 5.74) is 1.56. The highest BCUT2D eigenvalue weighted by molar-refractivity contribution is 5.65. The van der Waals surface area contributed by atoms with Gasteiger partial charge in [0, 0.05) is 5.56 Å². The fourth-order valence-electron chi connectivity index (χ4n) is 5.54. The molecule has 0 spiro atoms. The van der Waals surface area contributed by atoms with Crippen molar-refractivity contribution < 1.29 is 32.1 Å². The van der Waals surface area contributed by atoms with Crippen LogP contribution in [0.4, 0.5) is 17.6 Å². The Hall–Kier alpha value is -3.32. The monoisotopic (exact) mass is 570 g/mol. The van der Waals surface area contributed by atoms with E-state index < -0.39 is 23.3 Å². The fraction of sp³-hybridized carbons (Fsp3) is 0.412. The third kappa shape index (κ3) is 7.50. The van der Waals surface area contributed by atoms with E-state index in [1.165, 1.54) is 18.2 Å². The summed E-state index contributed by atoms with van der Waals surface area (Å²) in [4.78, 5) is 0. The van der Waals surface area contributed by atoms with Gasteiger partial charge < -0.3 is 14.6 Å². The molecule has 41 heavy (non-hydrogen) atoms. The van der Waals surface area contributed by atoms with Crippen molar-refractivity contribution in [2.45, 2.75) is 76.9 Å². The van der Waals surface area contributed by atoms with Crippen LogP contribution in [0.3, 0.4) is 0 Å². The average molecular weight is 571 g/mol. The van der Waals surface area contributed by atoms with Gasteiger partial charge in [-0.05, 0) is 91.7 Å². The maximum atomic E-state index is 15.0. The van der Waals surface area contributed by atoms with E-state index in [0.29, 0.717) is 36.0 Å². The number of rotatable bonds is 13. The Labute approximate surface area is 239 Å². The molecule has 0 amide bonds. The Morgan fingerprint density at radius 3 is 2.20 bits per heavy atom. The smallest absolute Gasteiger partial charge is 0.201 e. The first-order valence-electron chi connectivity index (χ1n) is 14.4. The van der Waals surface area contributed by atoms with Crippen molar-refractivity contribution in [1.29, 1.82) is 0 Å². The zero-order chi connectivity index (χ0) is 29.4. The second-order valence-electron chi connectivity index (χ2n) is 10.8. The van der Waals surface area contributed by atoms with Crippen LogP contribution in [0.2, 0.25) is 0 Å². The van der Waals surface area contributed by atoms with Gasteiger partial charge in [0.25, 0.3) is 0 Å². The van der Waals surface area contributed by atoms with Crippen molar-refractivity contribution in [3.63, 3.8) is 0 Å². The molecule has 1 fully saturated rings. The fourth-order valence-corrected chi connectivity index (χ4v) is 5.54. The highest BCUT2D eigenvalue weighted by atomic mass is 19.2. The molecule has 220 valence electrons. The van der Waals surface area contributed by atoms with Crippen LogP contribution in [0.1, 0.15) is 75.3 Å². The molecule has 1 saturated carbocycles. The van der Waals surface area contributed by atoms with E-state index in [1.807, 2.05) is 6.92 Å². The number of aliphatic hydroxyl groups is 1. The van der Waals surface area contributed by atoms with E-state index in [0.717, 1.165) is 32.1 Å². The maximum Gasteiger partial charge on any atom is 0.201 e. The first kappa shape index (κ1) is 30.6. The third-order valence-corrected chi connectivity index (χ3v) is 7.93. The van der Waals surface area contributed by atoms with Crippen molar-refractivity contribution in [3.05, 3.63) is 95.6 Å². The topological polar surface area (TPSA) is 38.7 Å². The number of allylic oxidation sites excluding steroid dienone is 1. The zero-order valence-electron chi connectivity index (χ0n) is 23.5. The first-order valence-corrected chi connectivity index (χ1v) is 14.4. The van der Waals surface area contributed by atoms with E-state index in [4.69, 9.17) is 9.47 Å². The molecule has 3 nitrogen and oxygen atoms in total. The Kier molecular flexibility index (Phi) is 10.9. The molecule has 3 aromatic rings. The number of unbranched alkanes of at least 4 members (excludes halogenated alkanes) is 1. The standard InChI is InChI=1S/C34H38F4O3/c1-3-5-6-20-40-29-18-16-26(31(35)33(29)37)23-10-8-22(9-11-23)21-41-30-19-17-27(32(36)34(30)38)24-12-14-25(15-13-24)28(39)7-4-2/h3,8-11,16-19,24-25,28,39H,1,4-7,12-15,20-21H2,2H3. The molecule has 1 N–H and O–H groups in total. The summed E-state index contributed by atoms with van der Waals surface area (Å²) >= 11 is 0. The summed E-state index contributed by atoms with van der Waals surface area (Å²) in [5.74, 6) is -4.14. The van der Waals surface area contributed by atoms with Gasteiger partial charge in [-0.2, -0.15) is 8.78 Å². The summed E-state index contributed by atoms with van der Waals surface area (Å²) in [5, 5.41) is 10.3. The minimum absolute atomic E-state index is 0.0231. The van der Waals surface area contributed by atoms with Crippen LogP contribution in [-0.4, -0.2) is 17.8 Å². The molecule has 1 aliphatic carbocycles. The number of benzene rings is 3. The quantitative estimate of drug-likeness (QED) is 0.126. The highest BCUT2D eigenvalue weighted by Gasteiger charge is 2.29. The van der Waals surface area contributed by atoms with E-state index in [2.05, 4.69) is 6.58 Å². The van der Waals surface area contributed by atoms with Crippen LogP contribution in [0.25, 0.3) is 11.1 Å². The van der Waals surface area contributed by atoms with Gasteiger partial charge >= 0.3 is 0 Å². The molecule has 1 atom stereocenters. The molecule has 7 heteroatoms. The highest BCUT2D eigenvalue weighted by Crippen LogP contribution is 2.40. The van der Waals surface area contributed by atoms with Crippen molar-refractivity contribution in [3.8, 4) is 22.6 Å². The Morgan fingerprint density at radius 1 is 0.854 bits per heavy atom. The molecule has 0 heterocycles. The number of hydrogen-bond donors (Lipinski definition) is 1. The van der Waals surface area contributed by atoms with Crippen molar-refractivity contribution >= 4 is 0 Å². The van der Waals surface area contributed by atoms with E-state index >= 15 is 4.39 Å². The van der Waals surface area contributed by atoms with Gasteiger partial charge in [-0.15, -0.1) is 6.58 Å². The largest absolute Gasteiger partial charge is 0.490 e. The van der Waals surface area contributed by atoms with E-state index in [9.17, 15) is 18.3 Å². The molecule has 4 rings (SSSR count).